The van der Waals surface area contributed by atoms with Gasteiger partial charge in [0.2, 0.25) is 5.91 Å². The van der Waals surface area contributed by atoms with Crippen molar-refractivity contribution in [3.8, 4) is 0 Å². The number of oxime groups is 1. The fraction of sp³-hybridized carbons (Fsp3) is 0.818. The predicted octanol–water partition coefficient (Wildman–Crippen LogP) is -0.0290. The highest BCUT2D eigenvalue weighted by Gasteiger charge is 2.17. The molecule has 98 valence electrons. The second kappa shape index (κ2) is 7.11. The second-order valence-electron chi connectivity index (χ2n) is 4.44. The number of piperidine rings is 1. The van der Waals surface area contributed by atoms with E-state index < -0.39 is 5.92 Å². The van der Waals surface area contributed by atoms with Crippen LogP contribution >= 0.6 is 0 Å². The number of hydrogen-bond acceptors (Lipinski definition) is 4. The molecule has 1 atom stereocenters. The molecule has 4 N–H and O–H groups in total. The quantitative estimate of drug-likeness (QED) is 0.273. The summed E-state index contributed by atoms with van der Waals surface area (Å²) in [4.78, 5) is 13.9. The van der Waals surface area contributed by atoms with Crippen LogP contribution in [-0.4, -0.2) is 48.0 Å². The van der Waals surface area contributed by atoms with Crippen LogP contribution in [0.15, 0.2) is 5.16 Å². The highest BCUT2D eigenvalue weighted by Crippen LogP contribution is 2.07. The third-order valence-electron chi connectivity index (χ3n) is 3.13. The van der Waals surface area contributed by atoms with Crippen molar-refractivity contribution in [3.05, 3.63) is 0 Å². The molecule has 0 radical (unpaired) electrons. The summed E-state index contributed by atoms with van der Waals surface area (Å²) in [5.74, 6) is -0.834. The first-order chi connectivity index (χ1) is 8.15. The van der Waals surface area contributed by atoms with E-state index in [1.807, 2.05) is 0 Å². The number of rotatable bonds is 5. The van der Waals surface area contributed by atoms with E-state index in [-0.39, 0.29) is 11.7 Å². The summed E-state index contributed by atoms with van der Waals surface area (Å²) in [6.07, 6.45) is 3.80. The second-order valence-corrected chi connectivity index (χ2v) is 4.44. The Balaban J connectivity index is 2.19. The molecule has 1 aliphatic rings. The molecule has 0 aliphatic carbocycles. The van der Waals surface area contributed by atoms with Gasteiger partial charge in [0.05, 0.1) is 5.92 Å². The molecular formula is C11H22N4O2. The highest BCUT2D eigenvalue weighted by atomic mass is 16.4. The summed E-state index contributed by atoms with van der Waals surface area (Å²) >= 11 is 0. The van der Waals surface area contributed by atoms with Crippen molar-refractivity contribution in [2.45, 2.75) is 26.2 Å². The standard InChI is InChI=1S/C11H22N4O2/c1-9(10(12)14-17)11(16)13-5-8-15-6-3-2-4-7-15/h9,17H,2-8H2,1H3,(H2,12,14)(H,13,16). The average Bonchev–Trinajstić information content (AvgIpc) is 2.38. The van der Waals surface area contributed by atoms with Crippen LogP contribution in [-0.2, 0) is 4.79 Å². The van der Waals surface area contributed by atoms with Gasteiger partial charge < -0.3 is 21.2 Å². The maximum Gasteiger partial charge on any atom is 0.230 e. The molecule has 17 heavy (non-hydrogen) atoms. The van der Waals surface area contributed by atoms with Gasteiger partial charge >= 0.3 is 0 Å². The van der Waals surface area contributed by atoms with Gasteiger partial charge in [-0.05, 0) is 32.9 Å². The van der Waals surface area contributed by atoms with Crippen molar-refractivity contribution in [1.82, 2.24) is 10.2 Å². The van der Waals surface area contributed by atoms with Crippen molar-refractivity contribution in [2.75, 3.05) is 26.2 Å². The minimum atomic E-state index is -0.582. The van der Waals surface area contributed by atoms with Crippen molar-refractivity contribution in [1.29, 1.82) is 0 Å². The normalized spacial score (nSPS) is 19.9. The molecular weight excluding hydrogens is 220 g/mol. The van der Waals surface area contributed by atoms with Gasteiger partial charge in [-0.15, -0.1) is 0 Å². The number of hydrogen-bond donors (Lipinski definition) is 3. The first-order valence-electron chi connectivity index (χ1n) is 6.12. The molecule has 6 nitrogen and oxygen atoms in total. The molecule has 1 saturated heterocycles. The lowest BCUT2D eigenvalue weighted by Crippen LogP contribution is -2.42. The Bertz CT molecular complexity index is 275. The Morgan fingerprint density at radius 2 is 2.12 bits per heavy atom. The highest BCUT2D eigenvalue weighted by molar-refractivity contribution is 6.01. The molecule has 1 rings (SSSR count). The monoisotopic (exact) mass is 242 g/mol. The molecule has 0 aromatic heterocycles. The van der Waals surface area contributed by atoms with Crippen LogP contribution in [0, 0.1) is 5.92 Å². The van der Waals surface area contributed by atoms with E-state index in [0.29, 0.717) is 6.54 Å². The van der Waals surface area contributed by atoms with Crippen LogP contribution in [0.4, 0.5) is 0 Å². The first kappa shape index (κ1) is 13.8. The molecule has 1 fully saturated rings. The zero-order valence-corrected chi connectivity index (χ0v) is 10.4. The first-order valence-corrected chi connectivity index (χ1v) is 6.12. The Morgan fingerprint density at radius 1 is 1.47 bits per heavy atom. The zero-order valence-electron chi connectivity index (χ0n) is 10.4. The van der Waals surface area contributed by atoms with Gasteiger partial charge in [0.15, 0.2) is 5.84 Å². The molecule has 6 heteroatoms. The van der Waals surface area contributed by atoms with Gasteiger partial charge in [-0.1, -0.05) is 11.6 Å². The molecule has 0 saturated carbocycles. The number of nitrogens with zero attached hydrogens (tertiary/aromatic N) is 2. The maximum atomic E-state index is 11.6. The van der Waals surface area contributed by atoms with Gasteiger partial charge in [-0.3, -0.25) is 4.79 Å². The molecule has 1 aliphatic heterocycles. The van der Waals surface area contributed by atoms with E-state index in [4.69, 9.17) is 10.9 Å². The average molecular weight is 242 g/mol. The van der Waals surface area contributed by atoms with Crippen LogP contribution in [0.3, 0.4) is 0 Å². The molecule has 1 heterocycles. The molecule has 1 unspecified atom stereocenters. The number of amidine groups is 1. The van der Waals surface area contributed by atoms with Crippen molar-refractivity contribution in [3.63, 3.8) is 0 Å². The van der Waals surface area contributed by atoms with Gasteiger partial charge in [-0.2, -0.15) is 0 Å². The molecule has 0 spiro atoms. The molecule has 0 aromatic carbocycles. The van der Waals surface area contributed by atoms with Crippen molar-refractivity contribution >= 4 is 11.7 Å². The van der Waals surface area contributed by atoms with Crippen LogP contribution in [0.2, 0.25) is 0 Å². The Hall–Kier alpha value is -1.30. The number of carbonyl (C=O) groups excluding carboxylic acids is 1. The minimum Gasteiger partial charge on any atom is -0.409 e. The Labute approximate surface area is 102 Å². The third-order valence-corrected chi connectivity index (χ3v) is 3.13. The lowest BCUT2D eigenvalue weighted by Gasteiger charge is -2.26. The Morgan fingerprint density at radius 3 is 2.71 bits per heavy atom. The summed E-state index contributed by atoms with van der Waals surface area (Å²) in [6.45, 7) is 5.33. The number of likely N-dealkylation sites (tertiary alicyclic amines) is 1. The number of nitrogens with one attached hydrogen (secondary N) is 1. The Kier molecular flexibility index (Phi) is 5.76. The number of carbonyl (C=O) groups is 1. The summed E-state index contributed by atoms with van der Waals surface area (Å²) < 4.78 is 0. The van der Waals surface area contributed by atoms with E-state index in [1.54, 1.807) is 6.92 Å². The minimum absolute atomic E-state index is 0.0551. The lowest BCUT2D eigenvalue weighted by molar-refractivity contribution is -0.122. The third kappa shape index (κ3) is 4.60. The lowest BCUT2D eigenvalue weighted by atomic mass is 10.1. The van der Waals surface area contributed by atoms with Crippen LogP contribution in [0.25, 0.3) is 0 Å². The van der Waals surface area contributed by atoms with Crippen molar-refractivity contribution < 1.29 is 10.0 Å². The SMILES string of the molecule is CC(C(=O)NCCN1CCCCC1)C(N)=NO. The van der Waals surface area contributed by atoms with Crippen LogP contribution in [0.5, 0.6) is 0 Å². The maximum absolute atomic E-state index is 11.6. The zero-order chi connectivity index (χ0) is 12.7. The van der Waals surface area contributed by atoms with Gasteiger partial charge in [0.1, 0.15) is 0 Å². The van der Waals surface area contributed by atoms with E-state index in [1.165, 1.54) is 19.3 Å². The van der Waals surface area contributed by atoms with Gasteiger partial charge in [-0.25, -0.2) is 0 Å². The topological polar surface area (TPSA) is 91.0 Å². The number of nitrogens with two attached hydrogens (primary N) is 1. The van der Waals surface area contributed by atoms with Gasteiger partial charge in [0, 0.05) is 13.1 Å². The van der Waals surface area contributed by atoms with E-state index >= 15 is 0 Å². The predicted molar refractivity (Wildman–Crippen MR) is 65.9 cm³/mol. The summed E-state index contributed by atoms with van der Waals surface area (Å²) in [5.41, 5.74) is 5.36. The molecule has 0 bridgehead atoms. The number of amides is 1. The van der Waals surface area contributed by atoms with Crippen LogP contribution in [0.1, 0.15) is 26.2 Å². The van der Waals surface area contributed by atoms with Gasteiger partial charge in [0.25, 0.3) is 0 Å². The summed E-state index contributed by atoms with van der Waals surface area (Å²) in [7, 11) is 0. The molecule has 0 aromatic rings. The van der Waals surface area contributed by atoms with E-state index in [9.17, 15) is 4.79 Å². The largest absolute Gasteiger partial charge is 0.409 e. The van der Waals surface area contributed by atoms with E-state index in [2.05, 4.69) is 15.4 Å². The van der Waals surface area contributed by atoms with E-state index in [0.717, 1.165) is 19.6 Å². The molecule has 1 amide bonds. The summed E-state index contributed by atoms with van der Waals surface area (Å²) in [5, 5.41) is 14.1. The smallest absolute Gasteiger partial charge is 0.230 e. The summed E-state index contributed by atoms with van der Waals surface area (Å²) in [6, 6.07) is 0. The fourth-order valence-electron chi connectivity index (χ4n) is 1.89. The fourth-order valence-corrected chi connectivity index (χ4v) is 1.89. The van der Waals surface area contributed by atoms with Crippen molar-refractivity contribution in [2.24, 2.45) is 16.8 Å². The van der Waals surface area contributed by atoms with Crippen LogP contribution < -0.4 is 11.1 Å².